The molecule has 3 aromatic rings. The van der Waals surface area contributed by atoms with Crippen LogP contribution in [0.3, 0.4) is 0 Å². The molecule has 2 heterocycles. The predicted octanol–water partition coefficient (Wildman–Crippen LogP) is 4.22. The van der Waals surface area contributed by atoms with E-state index >= 15 is 0 Å². The lowest BCUT2D eigenvalue weighted by atomic mass is 9.97. The number of carbonyl (C=O) groups is 1. The van der Waals surface area contributed by atoms with Gasteiger partial charge in [0, 0.05) is 16.7 Å². The van der Waals surface area contributed by atoms with Gasteiger partial charge in [-0.1, -0.05) is 29.4 Å². The molecule has 2 aliphatic rings. The van der Waals surface area contributed by atoms with Crippen LogP contribution in [0.5, 0.6) is 5.75 Å². The van der Waals surface area contributed by atoms with Gasteiger partial charge >= 0.3 is 0 Å². The van der Waals surface area contributed by atoms with E-state index in [0.29, 0.717) is 39.3 Å². The second-order valence-corrected chi connectivity index (χ2v) is 7.21. The topological polar surface area (TPSA) is 71.4 Å². The highest BCUT2D eigenvalue weighted by atomic mass is 19.1. The summed E-state index contributed by atoms with van der Waals surface area (Å²) in [5, 5.41) is 12.8. The zero-order valence-corrected chi connectivity index (χ0v) is 16.1. The summed E-state index contributed by atoms with van der Waals surface area (Å²) in [4.78, 5) is 14.5. The van der Waals surface area contributed by atoms with E-state index in [2.05, 4.69) is 5.16 Å². The normalized spacial score (nSPS) is 16.3. The third-order valence-corrected chi connectivity index (χ3v) is 5.33. The summed E-state index contributed by atoms with van der Waals surface area (Å²) < 4.78 is 38.7. The monoisotopic (exact) mass is 422 g/mol. The summed E-state index contributed by atoms with van der Waals surface area (Å²) >= 11 is 0. The molecule has 2 aliphatic heterocycles. The fourth-order valence-electron chi connectivity index (χ4n) is 4.05. The first-order valence-corrected chi connectivity index (χ1v) is 9.52. The highest BCUT2D eigenvalue weighted by Crippen LogP contribution is 2.39. The van der Waals surface area contributed by atoms with Crippen LogP contribution in [0.4, 0.5) is 14.5 Å². The van der Waals surface area contributed by atoms with E-state index in [0.717, 1.165) is 0 Å². The average molecular weight is 422 g/mol. The molecule has 0 radical (unpaired) electrons. The van der Waals surface area contributed by atoms with E-state index in [1.54, 1.807) is 30.3 Å². The first kappa shape index (κ1) is 19.2. The van der Waals surface area contributed by atoms with E-state index in [-0.39, 0.29) is 25.7 Å². The van der Waals surface area contributed by atoms with Gasteiger partial charge in [-0.15, -0.1) is 0 Å². The minimum atomic E-state index is -0.550. The molecule has 0 aliphatic carbocycles. The first-order valence-electron chi connectivity index (χ1n) is 9.52. The summed E-state index contributed by atoms with van der Waals surface area (Å²) in [6, 6.07) is 13.7. The van der Waals surface area contributed by atoms with Gasteiger partial charge in [0.2, 0.25) is 0 Å². The number of benzene rings is 3. The van der Waals surface area contributed by atoms with E-state index in [4.69, 9.17) is 9.47 Å². The number of anilines is 1. The molecule has 156 valence electrons. The molecule has 0 aromatic heterocycles. The molecule has 0 fully saturated rings. The number of ether oxygens (including phenoxy) is 2. The SMILES string of the molecule is O=C1/C(=N\O)c2c(-c3cccc(F)c3)cccc2N1Cc1cc(F)cc2c1OCOC2. The molecule has 5 rings (SSSR count). The smallest absolute Gasteiger partial charge is 0.281 e. The van der Waals surface area contributed by atoms with Crippen LogP contribution in [-0.2, 0) is 22.7 Å². The summed E-state index contributed by atoms with van der Waals surface area (Å²) in [6.45, 7) is 0.235. The van der Waals surface area contributed by atoms with E-state index in [1.165, 1.54) is 29.2 Å². The molecule has 0 saturated heterocycles. The molecule has 8 heteroatoms. The van der Waals surface area contributed by atoms with Crippen molar-refractivity contribution in [3.8, 4) is 16.9 Å². The van der Waals surface area contributed by atoms with Crippen LogP contribution in [0, 0.1) is 11.6 Å². The molecule has 31 heavy (non-hydrogen) atoms. The van der Waals surface area contributed by atoms with E-state index < -0.39 is 17.5 Å². The van der Waals surface area contributed by atoms with Crippen molar-refractivity contribution < 1.29 is 28.3 Å². The second-order valence-electron chi connectivity index (χ2n) is 7.21. The number of hydrogen-bond donors (Lipinski definition) is 1. The summed E-state index contributed by atoms with van der Waals surface area (Å²) in [6.07, 6.45) is 0. The van der Waals surface area contributed by atoms with Gasteiger partial charge in [-0.05, 0) is 41.5 Å². The quantitative estimate of drug-likeness (QED) is 0.507. The average Bonchev–Trinajstić information content (AvgIpc) is 3.04. The highest BCUT2D eigenvalue weighted by molar-refractivity contribution is 6.55. The fraction of sp³-hybridized carbons (Fsp3) is 0.130. The number of halogens is 2. The van der Waals surface area contributed by atoms with Crippen molar-refractivity contribution in [1.82, 2.24) is 0 Å². The van der Waals surface area contributed by atoms with Crippen LogP contribution in [0.25, 0.3) is 11.1 Å². The van der Waals surface area contributed by atoms with Crippen LogP contribution >= 0.6 is 0 Å². The summed E-state index contributed by atoms with van der Waals surface area (Å²) in [7, 11) is 0. The number of oxime groups is 1. The molecule has 0 spiro atoms. The number of carbonyl (C=O) groups excluding carboxylic acids is 1. The van der Waals surface area contributed by atoms with Crippen molar-refractivity contribution in [2.45, 2.75) is 13.2 Å². The number of amides is 1. The Morgan fingerprint density at radius 3 is 2.71 bits per heavy atom. The fourth-order valence-corrected chi connectivity index (χ4v) is 4.05. The van der Waals surface area contributed by atoms with Crippen molar-refractivity contribution >= 4 is 17.3 Å². The maximum absolute atomic E-state index is 14.2. The molecule has 0 saturated carbocycles. The van der Waals surface area contributed by atoms with Crippen molar-refractivity contribution in [1.29, 1.82) is 0 Å². The summed E-state index contributed by atoms with van der Waals surface area (Å²) in [5.41, 5.74) is 2.80. The molecule has 6 nitrogen and oxygen atoms in total. The van der Waals surface area contributed by atoms with Gasteiger partial charge in [-0.25, -0.2) is 8.78 Å². The minimum absolute atomic E-state index is 0.00243. The Balaban J connectivity index is 1.62. The second kappa shape index (κ2) is 7.48. The Kier molecular flexibility index (Phi) is 4.63. The standard InChI is InChI=1S/C23H16F2N2O4/c24-16-4-1-3-13(7-16)18-5-2-6-19-20(18)21(26-29)23(28)27(19)10-14-8-17(25)9-15-11-30-12-31-22(14)15/h1-9,29H,10-12H2/b26-21-. The maximum atomic E-state index is 14.2. The van der Waals surface area contributed by atoms with E-state index in [1.807, 2.05) is 0 Å². The molecular formula is C23H16F2N2O4. The molecule has 1 amide bonds. The van der Waals surface area contributed by atoms with Gasteiger partial charge < -0.3 is 19.6 Å². The maximum Gasteiger partial charge on any atom is 0.281 e. The third-order valence-electron chi connectivity index (χ3n) is 5.33. The molecule has 0 unspecified atom stereocenters. The Hall–Kier alpha value is -3.78. The Morgan fingerprint density at radius 2 is 1.90 bits per heavy atom. The lowest BCUT2D eigenvalue weighted by molar-refractivity contribution is -0.112. The van der Waals surface area contributed by atoms with Crippen molar-refractivity contribution in [2.75, 3.05) is 11.7 Å². The van der Waals surface area contributed by atoms with Crippen LogP contribution in [0.2, 0.25) is 0 Å². The minimum Gasteiger partial charge on any atom is -0.467 e. The van der Waals surface area contributed by atoms with Gasteiger partial charge in [-0.3, -0.25) is 4.79 Å². The molecule has 0 atom stereocenters. The third kappa shape index (κ3) is 3.21. The molecule has 0 bridgehead atoms. The van der Waals surface area contributed by atoms with Gasteiger partial charge in [-0.2, -0.15) is 0 Å². The largest absolute Gasteiger partial charge is 0.467 e. The van der Waals surface area contributed by atoms with Crippen LogP contribution in [0.1, 0.15) is 16.7 Å². The molecular weight excluding hydrogens is 406 g/mol. The Morgan fingerprint density at radius 1 is 1.06 bits per heavy atom. The Bertz CT molecular complexity index is 1240. The number of hydrogen-bond acceptors (Lipinski definition) is 5. The van der Waals surface area contributed by atoms with Crippen LogP contribution in [-0.4, -0.2) is 23.6 Å². The Labute approximate surface area is 175 Å². The van der Waals surface area contributed by atoms with Crippen molar-refractivity contribution in [3.05, 3.63) is 82.9 Å². The highest BCUT2D eigenvalue weighted by Gasteiger charge is 2.37. The number of fused-ring (bicyclic) bond motifs is 2. The van der Waals surface area contributed by atoms with Crippen LogP contribution < -0.4 is 9.64 Å². The zero-order chi connectivity index (χ0) is 21.5. The van der Waals surface area contributed by atoms with Gasteiger partial charge in [0.15, 0.2) is 12.5 Å². The first-order chi connectivity index (χ1) is 15.1. The molecule has 1 N–H and O–H groups in total. The van der Waals surface area contributed by atoms with E-state index in [9.17, 15) is 18.8 Å². The zero-order valence-electron chi connectivity index (χ0n) is 16.1. The summed E-state index contributed by atoms with van der Waals surface area (Å²) in [5.74, 6) is -0.979. The van der Waals surface area contributed by atoms with Gasteiger partial charge in [0.05, 0.1) is 18.8 Å². The van der Waals surface area contributed by atoms with Gasteiger partial charge in [0.1, 0.15) is 17.4 Å². The molecule has 3 aromatic carbocycles. The lowest BCUT2D eigenvalue weighted by Crippen LogP contribution is -2.30. The predicted molar refractivity (Wildman–Crippen MR) is 108 cm³/mol. The number of rotatable bonds is 3. The van der Waals surface area contributed by atoms with Gasteiger partial charge in [0.25, 0.3) is 5.91 Å². The number of nitrogens with zero attached hydrogens (tertiary/aromatic N) is 2. The van der Waals surface area contributed by atoms with Crippen molar-refractivity contribution in [2.24, 2.45) is 5.16 Å². The van der Waals surface area contributed by atoms with Crippen molar-refractivity contribution in [3.63, 3.8) is 0 Å². The lowest BCUT2D eigenvalue weighted by Gasteiger charge is -2.24. The van der Waals surface area contributed by atoms with Crippen LogP contribution in [0.15, 0.2) is 59.8 Å².